The van der Waals surface area contributed by atoms with Gasteiger partial charge in [0, 0.05) is 22.8 Å². The SMILES string of the molecule is NC(=O)C(c1ccc(Cl)cc1)C(Nc1ccc([N+](=O)[O-])cc1)c1ccccc1. The Labute approximate surface area is 167 Å². The molecule has 3 aromatic rings. The number of anilines is 1. The van der Waals surface area contributed by atoms with E-state index in [0.29, 0.717) is 10.7 Å². The zero-order valence-corrected chi connectivity index (χ0v) is 15.5. The summed E-state index contributed by atoms with van der Waals surface area (Å²) in [7, 11) is 0. The van der Waals surface area contributed by atoms with Crippen LogP contribution < -0.4 is 11.1 Å². The monoisotopic (exact) mass is 395 g/mol. The first-order valence-corrected chi connectivity index (χ1v) is 8.94. The fourth-order valence-electron chi connectivity index (χ4n) is 3.07. The molecular formula is C21H18ClN3O3. The van der Waals surface area contributed by atoms with Crippen LogP contribution in [0.2, 0.25) is 5.02 Å². The third-order valence-corrected chi connectivity index (χ3v) is 4.68. The second-order valence-corrected chi connectivity index (χ2v) is 6.70. The van der Waals surface area contributed by atoms with Crippen molar-refractivity contribution in [3.63, 3.8) is 0 Å². The van der Waals surface area contributed by atoms with Crippen molar-refractivity contribution < 1.29 is 9.72 Å². The molecule has 0 bridgehead atoms. The molecule has 0 saturated carbocycles. The molecule has 142 valence electrons. The van der Waals surface area contributed by atoms with Crippen molar-refractivity contribution >= 4 is 28.9 Å². The largest absolute Gasteiger partial charge is 0.377 e. The molecule has 1 amide bonds. The second kappa shape index (κ2) is 8.54. The molecule has 7 heteroatoms. The normalized spacial score (nSPS) is 12.8. The summed E-state index contributed by atoms with van der Waals surface area (Å²) in [5.41, 5.74) is 7.97. The van der Waals surface area contributed by atoms with Gasteiger partial charge in [0.2, 0.25) is 5.91 Å². The fourth-order valence-corrected chi connectivity index (χ4v) is 3.20. The van der Waals surface area contributed by atoms with Crippen molar-refractivity contribution in [3.8, 4) is 0 Å². The van der Waals surface area contributed by atoms with Crippen molar-refractivity contribution in [2.24, 2.45) is 5.73 Å². The first-order valence-electron chi connectivity index (χ1n) is 8.56. The number of nitro benzene ring substituents is 1. The Kier molecular flexibility index (Phi) is 5.91. The lowest BCUT2D eigenvalue weighted by Gasteiger charge is -2.28. The standard InChI is InChI=1S/C21H18ClN3O3/c22-16-8-6-14(7-9-16)19(21(23)26)20(15-4-2-1-3-5-15)24-17-10-12-18(13-11-17)25(27)28/h1-13,19-20,24H,(H2,23,26). The minimum absolute atomic E-state index is 0.00837. The summed E-state index contributed by atoms with van der Waals surface area (Å²) in [6.45, 7) is 0. The van der Waals surface area contributed by atoms with Crippen LogP contribution in [0.25, 0.3) is 0 Å². The Morgan fingerprint density at radius 1 is 0.929 bits per heavy atom. The number of benzene rings is 3. The number of halogens is 1. The molecule has 0 spiro atoms. The van der Waals surface area contributed by atoms with E-state index in [1.165, 1.54) is 12.1 Å². The Morgan fingerprint density at radius 3 is 2.07 bits per heavy atom. The van der Waals surface area contributed by atoms with E-state index in [2.05, 4.69) is 5.32 Å². The van der Waals surface area contributed by atoms with Crippen LogP contribution in [-0.4, -0.2) is 10.8 Å². The smallest absolute Gasteiger partial charge is 0.269 e. The second-order valence-electron chi connectivity index (χ2n) is 6.27. The first kappa shape index (κ1) is 19.4. The van der Waals surface area contributed by atoms with Gasteiger partial charge >= 0.3 is 0 Å². The molecule has 28 heavy (non-hydrogen) atoms. The number of nitrogens with zero attached hydrogens (tertiary/aromatic N) is 1. The van der Waals surface area contributed by atoms with Crippen LogP contribution >= 0.6 is 11.6 Å². The fraction of sp³-hybridized carbons (Fsp3) is 0.0952. The first-order chi connectivity index (χ1) is 13.5. The molecule has 3 N–H and O–H groups in total. The molecule has 0 aliphatic carbocycles. The molecule has 0 aliphatic rings. The predicted octanol–water partition coefficient (Wildman–Crippen LogP) is 4.67. The third-order valence-electron chi connectivity index (χ3n) is 4.43. The molecule has 0 aromatic heterocycles. The average molecular weight is 396 g/mol. The Hall–Kier alpha value is -3.38. The van der Waals surface area contributed by atoms with Crippen LogP contribution in [0.3, 0.4) is 0 Å². The Bertz CT molecular complexity index is 960. The van der Waals surface area contributed by atoms with E-state index in [1.807, 2.05) is 30.3 Å². The lowest BCUT2D eigenvalue weighted by atomic mass is 9.86. The van der Waals surface area contributed by atoms with Crippen molar-refractivity contribution in [2.75, 3.05) is 5.32 Å². The van der Waals surface area contributed by atoms with Gasteiger partial charge in [-0.25, -0.2) is 0 Å². The molecule has 3 rings (SSSR count). The molecule has 2 unspecified atom stereocenters. The van der Waals surface area contributed by atoms with E-state index in [1.54, 1.807) is 36.4 Å². The molecule has 0 aliphatic heterocycles. The molecular weight excluding hydrogens is 378 g/mol. The van der Waals surface area contributed by atoms with Gasteiger partial charge in [0.05, 0.1) is 16.9 Å². The number of rotatable bonds is 7. The van der Waals surface area contributed by atoms with Crippen LogP contribution in [0.1, 0.15) is 23.1 Å². The topological polar surface area (TPSA) is 98.3 Å². The number of non-ortho nitro benzene ring substituents is 1. The zero-order valence-electron chi connectivity index (χ0n) is 14.8. The average Bonchev–Trinajstić information content (AvgIpc) is 2.69. The number of amides is 1. The van der Waals surface area contributed by atoms with E-state index in [0.717, 1.165) is 11.1 Å². The van der Waals surface area contributed by atoms with Gasteiger partial charge in [0.25, 0.3) is 5.69 Å². The summed E-state index contributed by atoms with van der Waals surface area (Å²) in [5.74, 6) is -1.17. The maximum atomic E-state index is 12.4. The van der Waals surface area contributed by atoms with Crippen LogP contribution in [0.15, 0.2) is 78.9 Å². The van der Waals surface area contributed by atoms with Gasteiger partial charge in [-0.05, 0) is 35.4 Å². The van der Waals surface area contributed by atoms with E-state index >= 15 is 0 Å². The van der Waals surface area contributed by atoms with Crippen LogP contribution in [0.5, 0.6) is 0 Å². The lowest BCUT2D eigenvalue weighted by molar-refractivity contribution is -0.384. The van der Waals surface area contributed by atoms with Crippen LogP contribution in [0, 0.1) is 10.1 Å². The van der Waals surface area contributed by atoms with Gasteiger partial charge in [0.1, 0.15) is 0 Å². The predicted molar refractivity (Wildman–Crippen MR) is 109 cm³/mol. The summed E-state index contributed by atoms with van der Waals surface area (Å²) in [6.07, 6.45) is 0. The van der Waals surface area contributed by atoms with Crippen molar-refractivity contribution in [3.05, 3.63) is 105 Å². The maximum absolute atomic E-state index is 12.4. The summed E-state index contributed by atoms with van der Waals surface area (Å²) in [5, 5.41) is 14.7. The van der Waals surface area contributed by atoms with Gasteiger partial charge in [-0.2, -0.15) is 0 Å². The molecule has 0 saturated heterocycles. The Balaban J connectivity index is 2.01. The highest BCUT2D eigenvalue weighted by Crippen LogP contribution is 2.35. The summed E-state index contributed by atoms with van der Waals surface area (Å²) >= 11 is 5.98. The van der Waals surface area contributed by atoms with Gasteiger partial charge in [0.15, 0.2) is 0 Å². The number of hydrogen-bond donors (Lipinski definition) is 2. The molecule has 3 aromatic carbocycles. The molecule has 6 nitrogen and oxygen atoms in total. The molecule has 2 atom stereocenters. The van der Waals surface area contributed by atoms with Gasteiger partial charge < -0.3 is 11.1 Å². The quantitative estimate of drug-likeness (QED) is 0.448. The number of nitro groups is 1. The van der Waals surface area contributed by atoms with Crippen molar-refractivity contribution in [1.82, 2.24) is 0 Å². The van der Waals surface area contributed by atoms with Gasteiger partial charge in [-0.15, -0.1) is 0 Å². The number of primary amides is 1. The highest BCUT2D eigenvalue weighted by Gasteiger charge is 2.29. The van der Waals surface area contributed by atoms with E-state index in [4.69, 9.17) is 17.3 Å². The summed E-state index contributed by atoms with van der Waals surface area (Å²) < 4.78 is 0. The minimum atomic E-state index is -0.671. The summed E-state index contributed by atoms with van der Waals surface area (Å²) in [4.78, 5) is 22.8. The number of nitrogens with two attached hydrogens (primary N) is 1. The van der Waals surface area contributed by atoms with E-state index < -0.39 is 22.8 Å². The van der Waals surface area contributed by atoms with Crippen molar-refractivity contribution in [1.29, 1.82) is 0 Å². The zero-order chi connectivity index (χ0) is 20.1. The summed E-state index contributed by atoms with van der Waals surface area (Å²) in [6, 6.07) is 21.9. The number of hydrogen-bond acceptors (Lipinski definition) is 4. The highest BCUT2D eigenvalue weighted by molar-refractivity contribution is 6.30. The van der Waals surface area contributed by atoms with E-state index in [9.17, 15) is 14.9 Å². The van der Waals surface area contributed by atoms with Gasteiger partial charge in [-0.1, -0.05) is 54.1 Å². The number of carbonyl (C=O) groups is 1. The van der Waals surface area contributed by atoms with Crippen LogP contribution in [0.4, 0.5) is 11.4 Å². The molecule has 0 heterocycles. The highest BCUT2D eigenvalue weighted by atomic mass is 35.5. The van der Waals surface area contributed by atoms with Crippen LogP contribution in [-0.2, 0) is 4.79 Å². The third kappa shape index (κ3) is 4.47. The number of carbonyl (C=O) groups excluding carboxylic acids is 1. The maximum Gasteiger partial charge on any atom is 0.269 e. The van der Waals surface area contributed by atoms with E-state index in [-0.39, 0.29) is 5.69 Å². The van der Waals surface area contributed by atoms with Crippen molar-refractivity contribution in [2.45, 2.75) is 12.0 Å². The number of nitrogens with one attached hydrogen (secondary N) is 1. The molecule has 0 fully saturated rings. The van der Waals surface area contributed by atoms with Gasteiger partial charge in [-0.3, -0.25) is 14.9 Å². The lowest BCUT2D eigenvalue weighted by Crippen LogP contribution is -2.31. The molecule has 0 radical (unpaired) electrons. The minimum Gasteiger partial charge on any atom is -0.377 e. The Morgan fingerprint density at radius 2 is 1.54 bits per heavy atom.